The van der Waals surface area contributed by atoms with E-state index in [-0.39, 0.29) is 15.6 Å². The van der Waals surface area contributed by atoms with Crippen LogP contribution in [-0.2, 0) is 4.79 Å². The summed E-state index contributed by atoms with van der Waals surface area (Å²) >= 11 is 1.81. The van der Waals surface area contributed by atoms with Crippen LogP contribution in [0, 0.1) is 0 Å². The number of unbranched alkanes of at least 4 members (excludes halogenated alkanes) is 1. The van der Waals surface area contributed by atoms with E-state index in [1.165, 1.54) is 22.0 Å². The first kappa shape index (κ1) is 22.4. The van der Waals surface area contributed by atoms with Gasteiger partial charge >= 0.3 is 0 Å². The number of rotatable bonds is 6. The van der Waals surface area contributed by atoms with Gasteiger partial charge in [0, 0.05) is 43.3 Å². The molecule has 0 radical (unpaired) electrons. The van der Waals surface area contributed by atoms with E-state index in [0.717, 1.165) is 45.4 Å². The van der Waals surface area contributed by atoms with Crippen molar-refractivity contribution in [2.45, 2.75) is 49.8 Å². The molecule has 1 N–H and O–H groups in total. The van der Waals surface area contributed by atoms with E-state index in [1.54, 1.807) is 0 Å². The van der Waals surface area contributed by atoms with Gasteiger partial charge in [-0.3, -0.25) is 14.4 Å². The van der Waals surface area contributed by atoms with E-state index >= 15 is 0 Å². The molecule has 174 valence electrons. The van der Waals surface area contributed by atoms with Crippen molar-refractivity contribution in [3.63, 3.8) is 0 Å². The van der Waals surface area contributed by atoms with Crippen LogP contribution in [-0.4, -0.2) is 51.4 Å². The molecular weight excluding hydrogens is 428 g/mol. The predicted octanol–water partition coefficient (Wildman–Crippen LogP) is 5.05. The number of para-hydroxylation sites is 1. The summed E-state index contributed by atoms with van der Waals surface area (Å²) in [5.41, 5.74) is 3.76. The number of amides is 1. The summed E-state index contributed by atoms with van der Waals surface area (Å²) in [4.78, 5) is 14.9. The fourth-order valence-electron chi connectivity index (χ4n) is 5.17. The Morgan fingerprint density at radius 2 is 1.67 bits per heavy atom. The van der Waals surface area contributed by atoms with Gasteiger partial charge in [0.25, 0.3) is 0 Å². The summed E-state index contributed by atoms with van der Waals surface area (Å²) in [6, 6.07) is 19.3. The Bertz CT molecular complexity index is 1130. The highest BCUT2D eigenvalue weighted by Gasteiger charge is 2.53. The molecule has 33 heavy (non-hydrogen) atoms. The summed E-state index contributed by atoms with van der Waals surface area (Å²) in [5, 5.41) is 7.13. The molecule has 0 bridgehead atoms. The highest BCUT2D eigenvalue weighted by atomic mass is 32.2. The van der Waals surface area contributed by atoms with Crippen molar-refractivity contribution in [3.8, 4) is 11.1 Å². The molecule has 0 spiro atoms. The van der Waals surface area contributed by atoms with Crippen molar-refractivity contribution in [2.75, 3.05) is 31.2 Å². The number of benzene rings is 2. The first-order valence-electron chi connectivity index (χ1n) is 12.1. The fourth-order valence-corrected chi connectivity index (χ4v) is 6.86. The molecule has 1 unspecified atom stereocenters. The summed E-state index contributed by atoms with van der Waals surface area (Å²) < 4.78 is 1.96. The molecule has 0 aliphatic carbocycles. The molecule has 5 rings (SSSR count). The number of aromatic nitrogens is 1. The first-order valence-corrected chi connectivity index (χ1v) is 12.9. The van der Waals surface area contributed by atoms with E-state index < -0.39 is 0 Å². The highest BCUT2D eigenvalue weighted by Crippen LogP contribution is 2.46. The molecular formula is C27H34N4OS. The standard InChI is InChI=1S/C27H34N4OS/c1-4-5-15-27(28-25(32)26(2,3)33-27)29-16-18-30(19-17-29)31-20-23(21-11-7-6-8-12-21)22-13-9-10-14-24(22)31/h6-14,20H,4-5,15-19H2,1-3H3,(H,28,32). The Morgan fingerprint density at radius 3 is 2.33 bits per heavy atom. The lowest BCUT2D eigenvalue weighted by Crippen LogP contribution is -2.62. The zero-order valence-corrected chi connectivity index (χ0v) is 20.7. The maximum atomic E-state index is 12.7. The van der Waals surface area contributed by atoms with Crippen LogP contribution in [0.2, 0.25) is 0 Å². The second-order valence-electron chi connectivity index (χ2n) is 9.67. The Morgan fingerprint density at radius 1 is 0.970 bits per heavy atom. The molecule has 2 saturated heterocycles. The molecule has 1 amide bonds. The van der Waals surface area contributed by atoms with Gasteiger partial charge in [0.2, 0.25) is 5.91 Å². The lowest BCUT2D eigenvalue weighted by atomic mass is 10.1. The van der Waals surface area contributed by atoms with Crippen molar-refractivity contribution in [3.05, 3.63) is 60.8 Å². The van der Waals surface area contributed by atoms with Gasteiger partial charge in [-0.05, 0) is 38.3 Å². The lowest BCUT2D eigenvalue weighted by molar-refractivity contribution is -0.124. The number of hydrogen-bond donors (Lipinski definition) is 1. The minimum atomic E-state index is -0.383. The van der Waals surface area contributed by atoms with E-state index in [2.05, 4.69) is 87.6 Å². The van der Waals surface area contributed by atoms with Crippen LogP contribution in [0.3, 0.4) is 0 Å². The molecule has 1 aromatic heterocycles. The van der Waals surface area contributed by atoms with Gasteiger partial charge < -0.3 is 10.3 Å². The van der Waals surface area contributed by atoms with Crippen LogP contribution < -0.4 is 10.3 Å². The normalized spacial score (nSPS) is 23.2. The maximum absolute atomic E-state index is 12.7. The summed E-state index contributed by atoms with van der Waals surface area (Å²) in [6.07, 6.45) is 5.54. The SMILES string of the molecule is CCCCC1(N2CCN(n3cc(-c4ccccc4)c4ccccc43)CC2)NC(=O)C(C)(C)S1. The van der Waals surface area contributed by atoms with E-state index in [1.807, 2.05) is 25.6 Å². The van der Waals surface area contributed by atoms with Crippen LogP contribution in [0.25, 0.3) is 22.0 Å². The molecule has 3 heterocycles. The van der Waals surface area contributed by atoms with Crippen LogP contribution >= 0.6 is 11.8 Å². The number of hydrogen-bond acceptors (Lipinski definition) is 4. The summed E-state index contributed by atoms with van der Waals surface area (Å²) in [6.45, 7) is 10.0. The summed E-state index contributed by atoms with van der Waals surface area (Å²) in [5.74, 6) is 0.162. The number of fused-ring (bicyclic) bond motifs is 1. The lowest BCUT2D eigenvalue weighted by Gasteiger charge is -2.46. The monoisotopic (exact) mass is 462 g/mol. The second-order valence-corrected chi connectivity index (χ2v) is 11.6. The van der Waals surface area contributed by atoms with E-state index in [0.29, 0.717) is 0 Å². The van der Waals surface area contributed by atoms with Crippen LogP contribution in [0.15, 0.2) is 60.8 Å². The molecule has 6 heteroatoms. The molecule has 1 atom stereocenters. The predicted molar refractivity (Wildman–Crippen MR) is 139 cm³/mol. The largest absolute Gasteiger partial charge is 0.328 e. The van der Waals surface area contributed by atoms with Gasteiger partial charge in [0.1, 0.15) is 4.99 Å². The van der Waals surface area contributed by atoms with Crippen molar-refractivity contribution in [2.24, 2.45) is 0 Å². The minimum Gasteiger partial charge on any atom is -0.328 e. The molecule has 2 aliphatic rings. The Kier molecular flexibility index (Phi) is 5.91. The number of carbonyl (C=O) groups excluding carboxylic acids is 1. The van der Waals surface area contributed by atoms with E-state index in [4.69, 9.17) is 0 Å². The molecule has 2 aromatic carbocycles. The maximum Gasteiger partial charge on any atom is 0.237 e. The van der Waals surface area contributed by atoms with Gasteiger partial charge in [0.15, 0.2) is 0 Å². The van der Waals surface area contributed by atoms with Crippen molar-refractivity contribution < 1.29 is 4.79 Å². The zero-order valence-electron chi connectivity index (χ0n) is 19.9. The van der Waals surface area contributed by atoms with Gasteiger partial charge in [0.05, 0.1) is 10.3 Å². The van der Waals surface area contributed by atoms with Gasteiger partial charge in [-0.15, -0.1) is 11.8 Å². The third-order valence-electron chi connectivity index (χ3n) is 7.00. The Hall–Kier alpha value is -2.44. The first-order chi connectivity index (χ1) is 15.9. The van der Waals surface area contributed by atoms with Crippen LogP contribution in [0.1, 0.15) is 40.0 Å². The fraction of sp³-hybridized carbons (Fsp3) is 0.444. The Balaban J connectivity index is 1.40. The topological polar surface area (TPSA) is 40.5 Å². The van der Waals surface area contributed by atoms with Crippen molar-refractivity contribution >= 4 is 28.6 Å². The van der Waals surface area contributed by atoms with Crippen LogP contribution in [0.4, 0.5) is 0 Å². The molecule has 2 aliphatic heterocycles. The third-order valence-corrected chi connectivity index (χ3v) is 8.60. The highest BCUT2D eigenvalue weighted by molar-refractivity contribution is 8.03. The molecule has 2 fully saturated rings. The molecule has 0 saturated carbocycles. The van der Waals surface area contributed by atoms with Crippen molar-refractivity contribution in [1.29, 1.82) is 0 Å². The van der Waals surface area contributed by atoms with Gasteiger partial charge in [-0.25, -0.2) is 0 Å². The van der Waals surface area contributed by atoms with Gasteiger partial charge in [-0.2, -0.15) is 0 Å². The van der Waals surface area contributed by atoms with Crippen LogP contribution in [0.5, 0.6) is 0 Å². The molecule has 5 nitrogen and oxygen atoms in total. The smallest absolute Gasteiger partial charge is 0.237 e. The van der Waals surface area contributed by atoms with E-state index in [9.17, 15) is 4.79 Å². The second kappa shape index (κ2) is 8.73. The molecule has 3 aromatic rings. The van der Waals surface area contributed by atoms with Crippen molar-refractivity contribution in [1.82, 2.24) is 14.9 Å². The minimum absolute atomic E-state index is 0.162. The number of piperazine rings is 1. The third kappa shape index (κ3) is 4.04. The average Bonchev–Trinajstić information content (AvgIpc) is 3.33. The summed E-state index contributed by atoms with van der Waals surface area (Å²) in [7, 11) is 0. The zero-order chi connectivity index (χ0) is 23.1. The Labute approximate surface area is 201 Å². The average molecular weight is 463 g/mol. The number of nitrogens with zero attached hydrogens (tertiary/aromatic N) is 3. The number of carbonyl (C=O) groups is 1. The number of thioether (sulfide) groups is 1. The van der Waals surface area contributed by atoms with Gasteiger partial charge in [-0.1, -0.05) is 61.9 Å². The quantitative estimate of drug-likeness (QED) is 0.557. The number of nitrogens with one attached hydrogen (secondary N) is 1.